The van der Waals surface area contributed by atoms with Gasteiger partial charge in [0.15, 0.2) is 17.5 Å². The molecule has 0 aromatic heterocycles. The highest BCUT2D eigenvalue weighted by atomic mass is 16.5. The molecule has 0 amide bonds. The van der Waals surface area contributed by atoms with Crippen LogP contribution in [0.3, 0.4) is 0 Å². The quantitative estimate of drug-likeness (QED) is 0.265. The Morgan fingerprint density at radius 1 is 1.14 bits per heavy atom. The number of rotatable bonds is 11. The van der Waals surface area contributed by atoms with E-state index in [-0.39, 0.29) is 5.84 Å². The summed E-state index contributed by atoms with van der Waals surface area (Å²) in [4.78, 5) is 11.8. The standard InChI is InChI=1S/C20H25N3O5/c1-3-27-17-12-14(6-9-16(17)28-11-10-26-2)18(20(24)25)23-15-7-4-13(5-8-15)19(21)22/h4-9,12,18,23H,3,10-11H2,1-2H3,(H3,21,22)(H,24,25). The highest BCUT2D eigenvalue weighted by molar-refractivity contribution is 5.95. The highest BCUT2D eigenvalue weighted by Crippen LogP contribution is 2.32. The molecule has 0 saturated heterocycles. The first-order valence-electron chi connectivity index (χ1n) is 8.78. The molecule has 28 heavy (non-hydrogen) atoms. The van der Waals surface area contributed by atoms with Gasteiger partial charge in [-0.25, -0.2) is 4.79 Å². The Balaban J connectivity index is 2.25. The van der Waals surface area contributed by atoms with E-state index >= 15 is 0 Å². The maximum absolute atomic E-state index is 11.8. The fourth-order valence-corrected chi connectivity index (χ4v) is 2.53. The van der Waals surface area contributed by atoms with Crippen molar-refractivity contribution in [3.8, 4) is 11.5 Å². The largest absolute Gasteiger partial charge is 0.490 e. The summed E-state index contributed by atoms with van der Waals surface area (Å²) < 4.78 is 16.2. The van der Waals surface area contributed by atoms with Gasteiger partial charge >= 0.3 is 5.97 Å². The number of carbonyl (C=O) groups is 1. The Morgan fingerprint density at radius 3 is 2.43 bits per heavy atom. The fourth-order valence-electron chi connectivity index (χ4n) is 2.53. The van der Waals surface area contributed by atoms with Gasteiger partial charge in [-0.1, -0.05) is 6.07 Å². The first-order chi connectivity index (χ1) is 13.5. The second-order valence-electron chi connectivity index (χ2n) is 5.89. The average Bonchev–Trinajstić information content (AvgIpc) is 2.67. The summed E-state index contributed by atoms with van der Waals surface area (Å²) in [5.74, 6) is -0.0911. The van der Waals surface area contributed by atoms with Crippen LogP contribution in [0, 0.1) is 5.41 Å². The fraction of sp³-hybridized carbons (Fsp3) is 0.300. The zero-order valence-electron chi connectivity index (χ0n) is 15.9. The van der Waals surface area contributed by atoms with Crippen molar-refractivity contribution in [2.75, 3.05) is 32.2 Å². The van der Waals surface area contributed by atoms with Crippen molar-refractivity contribution in [2.24, 2.45) is 5.73 Å². The van der Waals surface area contributed by atoms with Crippen LogP contribution in [0.4, 0.5) is 5.69 Å². The molecule has 150 valence electrons. The summed E-state index contributed by atoms with van der Waals surface area (Å²) >= 11 is 0. The van der Waals surface area contributed by atoms with Gasteiger partial charge in [-0.05, 0) is 48.9 Å². The Bertz CT molecular complexity index is 808. The van der Waals surface area contributed by atoms with Crippen molar-refractivity contribution in [1.82, 2.24) is 0 Å². The van der Waals surface area contributed by atoms with E-state index < -0.39 is 12.0 Å². The van der Waals surface area contributed by atoms with Crippen LogP contribution in [0.1, 0.15) is 24.1 Å². The first kappa shape index (κ1) is 21.0. The van der Waals surface area contributed by atoms with Gasteiger partial charge in [-0.15, -0.1) is 0 Å². The van der Waals surface area contributed by atoms with Gasteiger partial charge in [0.25, 0.3) is 0 Å². The van der Waals surface area contributed by atoms with Crippen LogP contribution >= 0.6 is 0 Å². The molecule has 0 heterocycles. The molecule has 8 nitrogen and oxygen atoms in total. The lowest BCUT2D eigenvalue weighted by Crippen LogP contribution is -2.21. The Kier molecular flexibility index (Phi) is 7.65. The van der Waals surface area contributed by atoms with Crippen LogP contribution < -0.4 is 20.5 Å². The number of nitrogens with two attached hydrogens (primary N) is 1. The third-order valence-corrected chi connectivity index (χ3v) is 3.90. The van der Waals surface area contributed by atoms with Crippen LogP contribution in [0.2, 0.25) is 0 Å². The summed E-state index contributed by atoms with van der Waals surface area (Å²) in [6, 6.07) is 10.7. The van der Waals surface area contributed by atoms with Gasteiger partial charge in [0, 0.05) is 18.4 Å². The van der Waals surface area contributed by atoms with E-state index in [9.17, 15) is 9.90 Å². The van der Waals surface area contributed by atoms with Crippen molar-refractivity contribution in [3.05, 3.63) is 53.6 Å². The van der Waals surface area contributed by atoms with E-state index in [2.05, 4.69) is 5.32 Å². The highest BCUT2D eigenvalue weighted by Gasteiger charge is 2.21. The lowest BCUT2D eigenvalue weighted by molar-refractivity contribution is -0.138. The molecule has 0 radical (unpaired) electrons. The normalized spacial score (nSPS) is 11.5. The van der Waals surface area contributed by atoms with E-state index in [0.717, 1.165) is 0 Å². The van der Waals surface area contributed by atoms with Gasteiger partial charge < -0.3 is 30.4 Å². The predicted molar refractivity (Wildman–Crippen MR) is 106 cm³/mol. The van der Waals surface area contributed by atoms with Crippen LogP contribution in [-0.4, -0.2) is 43.8 Å². The molecule has 0 bridgehead atoms. The summed E-state index contributed by atoms with van der Waals surface area (Å²) in [5.41, 5.74) is 7.12. The lowest BCUT2D eigenvalue weighted by Gasteiger charge is -2.19. The molecular formula is C20H25N3O5. The van der Waals surface area contributed by atoms with Gasteiger partial charge in [0.1, 0.15) is 12.4 Å². The monoisotopic (exact) mass is 387 g/mol. The molecular weight excluding hydrogens is 362 g/mol. The molecule has 5 N–H and O–H groups in total. The van der Waals surface area contributed by atoms with Gasteiger partial charge in [0.05, 0.1) is 13.2 Å². The Hall–Kier alpha value is -3.26. The van der Waals surface area contributed by atoms with Crippen LogP contribution in [0.15, 0.2) is 42.5 Å². The van der Waals surface area contributed by atoms with Crippen molar-refractivity contribution in [1.29, 1.82) is 5.41 Å². The summed E-state index contributed by atoms with van der Waals surface area (Å²) in [6.07, 6.45) is 0. The van der Waals surface area contributed by atoms with Crippen molar-refractivity contribution in [3.63, 3.8) is 0 Å². The maximum atomic E-state index is 11.8. The number of nitrogen functional groups attached to an aromatic ring is 1. The third-order valence-electron chi connectivity index (χ3n) is 3.90. The molecule has 0 aliphatic heterocycles. The SMILES string of the molecule is CCOc1cc(C(Nc2ccc(C(=N)N)cc2)C(=O)O)ccc1OCCOC. The number of anilines is 1. The Labute approximate surface area is 163 Å². The summed E-state index contributed by atoms with van der Waals surface area (Å²) in [5, 5.41) is 20.1. The van der Waals surface area contributed by atoms with E-state index in [1.165, 1.54) is 0 Å². The van der Waals surface area contributed by atoms with Crippen LogP contribution in [0.5, 0.6) is 11.5 Å². The summed E-state index contributed by atoms with van der Waals surface area (Å²) in [6.45, 7) is 3.05. The third kappa shape index (κ3) is 5.62. The second kappa shape index (κ2) is 10.2. The number of carboxylic acid groups (broad SMARTS) is 1. The number of hydrogen-bond acceptors (Lipinski definition) is 6. The molecule has 0 aliphatic rings. The van der Waals surface area contributed by atoms with Crippen molar-refractivity contribution < 1.29 is 24.1 Å². The van der Waals surface area contributed by atoms with Crippen molar-refractivity contribution >= 4 is 17.5 Å². The summed E-state index contributed by atoms with van der Waals surface area (Å²) in [7, 11) is 1.59. The maximum Gasteiger partial charge on any atom is 0.330 e. The van der Waals surface area contributed by atoms with Crippen molar-refractivity contribution in [2.45, 2.75) is 13.0 Å². The number of aliphatic carboxylic acids is 1. The Morgan fingerprint density at radius 2 is 1.86 bits per heavy atom. The smallest absolute Gasteiger partial charge is 0.330 e. The number of hydrogen-bond donors (Lipinski definition) is 4. The number of carboxylic acids is 1. The predicted octanol–water partition coefficient (Wildman–Crippen LogP) is 2.63. The zero-order valence-corrected chi connectivity index (χ0v) is 15.9. The van der Waals surface area contributed by atoms with Gasteiger partial charge in [-0.2, -0.15) is 0 Å². The minimum atomic E-state index is -1.04. The molecule has 0 fully saturated rings. The van der Waals surface area contributed by atoms with E-state index in [4.69, 9.17) is 25.4 Å². The van der Waals surface area contributed by atoms with Crippen LogP contribution in [0.25, 0.3) is 0 Å². The minimum absolute atomic E-state index is 0.0493. The molecule has 0 spiro atoms. The molecule has 0 saturated carbocycles. The molecule has 2 rings (SSSR count). The second-order valence-corrected chi connectivity index (χ2v) is 5.89. The molecule has 0 aliphatic carbocycles. The van der Waals surface area contributed by atoms with E-state index in [1.807, 2.05) is 6.92 Å². The molecule has 8 heteroatoms. The lowest BCUT2D eigenvalue weighted by atomic mass is 10.1. The molecule has 1 atom stereocenters. The average molecular weight is 387 g/mol. The molecule has 2 aromatic carbocycles. The molecule has 2 aromatic rings. The minimum Gasteiger partial charge on any atom is -0.490 e. The van der Waals surface area contributed by atoms with E-state index in [0.29, 0.717) is 48.1 Å². The number of nitrogens with one attached hydrogen (secondary N) is 2. The topological polar surface area (TPSA) is 127 Å². The number of ether oxygens (including phenoxy) is 3. The van der Waals surface area contributed by atoms with Gasteiger partial charge in [-0.3, -0.25) is 5.41 Å². The number of amidine groups is 1. The molecule has 1 unspecified atom stereocenters. The zero-order chi connectivity index (χ0) is 20.5. The van der Waals surface area contributed by atoms with Gasteiger partial charge in [0.2, 0.25) is 0 Å². The van der Waals surface area contributed by atoms with E-state index in [1.54, 1.807) is 49.6 Å². The number of methoxy groups -OCH3 is 1. The number of benzene rings is 2. The van der Waals surface area contributed by atoms with Crippen LogP contribution in [-0.2, 0) is 9.53 Å². The first-order valence-corrected chi connectivity index (χ1v) is 8.78.